The van der Waals surface area contributed by atoms with Crippen LogP contribution in [-0.4, -0.2) is 67.7 Å². The summed E-state index contributed by atoms with van der Waals surface area (Å²) in [5, 5.41) is 10.3. The van der Waals surface area contributed by atoms with E-state index in [0.29, 0.717) is 18.3 Å². The van der Waals surface area contributed by atoms with Crippen molar-refractivity contribution in [3.8, 4) is 0 Å². The highest BCUT2D eigenvalue weighted by Crippen LogP contribution is 2.49. The largest absolute Gasteiger partial charge is 0.336 e. The van der Waals surface area contributed by atoms with Gasteiger partial charge in [-0.3, -0.25) is 4.79 Å². The summed E-state index contributed by atoms with van der Waals surface area (Å²) < 4.78 is 2.01. The van der Waals surface area contributed by atoms with E-state index < -0.39 is 0 Å². The predicted molar refractivity (Wildman–Crippen MR) is 100 cm³/mol. The summed E-state index contributed by atoms with van der Waals surface area (Å²) in [7, 11) is 2.00. The molecule has 7 nitrogen and oxygen atoms in total. The summed E-state index contributed by atoms with van der Waals surface area (Å²) in [6.45, 7) is 8.14. The standard InChI is InChI=1S/C18H26N6OS/c1-13(2)23-6-4-18(5-7-23)10-24(17(25)15-9-26-12-19-15)8-14(18)16-21-20-11-22(16)3/h9,11-14H,4-8,10H2,1-3H3. The second-order valence-corrected chi connectivity index (χ2v) is 8.62. The molecule has 26 heavy (non-hydrogen) atoms. The van der Waals surface area contributed by atoms with Crippen LogP contribution in [-0.2, 0) is 7.05 Å². The highest BCUT2D eigenvalue weighted by molar-refractivity contribution is 7.07. The molecule has 0 aromatic carbocycles. The minimum atomic E-state index is 0.0431. The second kappa shape index (κ2) is 6.74. The first-order chi connectivity index (χ1) is 12.5. The van der Waals surface area contributed by atoms with E-state index in [-0.39, 0.29) is 17.2 Å². The van der Waals surface area contributed by atoms with Crippen LogP contribution < -0.4 is 0 Å². The molecule has 0 saturated carbocycles. The Hall–Kier alpha value is -1.80. The molecule has 0 N–H and O–H groups in total. The smallest absolute Gasteiger partial charge is 0.273 e. The molecule has 4 heterocycles. The number of likely N-dealkylation sites (tertiary alicyclic amines) is 2. The van der Waals surface area contributed by atoms with E-state index in [1.54, 1.807) is 11.8 Å². The van der Waals surface area contributed by atoms with Crippen LogP contribution in [0, 0.1) is 5.41 Å². The number of thiazole rings is 1. The number of amides is 1. The van der Waals surface area contributed by atoms with Crippen molar-refractivity contribution in [1.82, 2.24) is 29.5 Å². The maximum Gasteiger partial charge on any atom is 0.273 e. The Kier molecular flexibility index (Phi) is 4.56. The normalized spacial score (nSPS) is 23.2. The summed E-state index contributed by atoms with van der Waals surface area (Å²) in [6.07, 6.45) is 3.93. The topological polar surface area (TPSA) is 67.2 Å². The van der Waals surface area contributed by atoms with E-state index >= 15 is 0 Å². The number of aryl methyl sites for hydroxylation is 1. The lowest BCUT2D eigenvalue weighted by Gasteiger charge is -2.43. The van der Waals surface area contributed by atoms with Gasteiger partial charge >= 0.3 is 0 Å². The molecule has 0 radical (unpaired) electrons. The van der Waals surface area contributed by atoms with Gasteiger partial charge in [0.05, 0.1) is 5.51 Å². The lowest BCUT2D eigenvalue weighted by atomic mass is 9.70. The molecule has 2 fully saturated rings. The van der Waals surface area contributed by atoms with Crippen LogP contribution in [0.2, 0.25) is 0 Å². The van der Waals surface area contributed by atoms with Crippen molar-refractivity contribution < 1.29 is 4.79 Å². The number of nitrogens with zero attached hydrogens (tertiary/aromatic N) is 6. The molecule has 140 valence electrons. The Labute approximate surface area is 158 Å². The van der Waals surface area contributed by atoms with Crippen LogP contribution in [0.3, 0.4) is 0 Å². The van der Waals surface area contributed by atoms with E-state index in [4.69, 9.17) is 0 Å². The molecule has 1 unspecified atom stereocenters. The molecule has 1 atom stereocenters. The molecule has 0 bridgehead atoms. The molecule has 4 rings (SSSR count). The Morgan fingerprint density at radius 3 is 2.69 bits per heavy atom. The zero-order valence-corrected chi connectivity index (χ0v) is 16.4. The highest BCUT2D eigenvalue weighted by Gasteiger charge is 2.51. The molecule has 2 aromatic heterocycles. The average Bonchev–Trinajstić information content (AvgIpc) is 3.35. The van der Waals surface area contributed by atoms with Crippen LogP contribution in [0.4, 0.5) is 0 Å². The molecule has 0 aliphatic carbocycles. The third-order valence-corrected chi connectivity index (χ3v) is 6.76. The molecular formula is C18H26N6OS. The molecule has 8 heteroatoms. The van der Waals surface area contributed by atoms with Crippen molar-refractivity contribution in [2.45, 2.75) is 38.6 Å². The number of carbonyl (C=O) groups excluding carboxylic acids is 1. The fourth-order valence-corrected chi connectivity index (χ4v) is 5.09. The number of piperidine rings is 1. The van der Waals surface area contributed by atoms with E-state index in [2.05, 4.69) is 33.9 Å². The number of carbonyl (C=O) groups is 1. The van der Waals surface area contributed by atoms with Crippen molar-refractivity contribution >= 4 is 17.2 Å². The summed E-state index contributed by atoms with van der Waals surface area (Å²) in [6, 6.07) is 0.565. The van der Waals surface area contributed by atoms with E-state index in [9.17, 15) is 4.79 Å². The maximum absolute atomic E-state index is 12.9. The van der Waals surface area contributed by atoms with Crippen LogP contribution in [0.25, 0.3) is 0 Å². The van der Waals surface area contributed by atoms with Gasteiger partial charge in [0.1, 0.15) is 17.8 Å². The van der Waals surface area contributed by atoms with Crippen LogP contribution in [0.15, 0.2) is 17.2 Å². The average molecular weight is 375 g/mol. The van der Waals surface area contributed by atoms with Gasteiger partial charge in [-0.15, -0.1) is 21.5 Å². The van der Waals surface area contributed by atoms with Gasteiger partial charge in [0.2, 0.25) is 0 Å². The van der Waals surface area contributed by atoms with E-state index in [1.165, 1.54) is 11.3 Å². The summed E-state index contributed by atoms with van der Waals surface area (Å²) in [5.74, 6) is 1.27. The third-order valence-electron chi connectivity index (χ3n) is 6.17. The Morgan fingerprint density at radius 2 is 2.12 bits per heavy atom. The molecule has 1 spiro atoms. The lowest BCUT2D eigenvalue weighted by molar-refractivity contribution is 0.0643. The van der Waals surface area contributed by atoms with Gasteiger partial charge in [-0.25, -0.2) is 4.98 Å². The van der Waals surface area contributed by atoms with Gasteiger partial charge in [-0.05, 0) is 39.8 Å². The van der Waals surface area contributed by atoms with Gasteiger partial charge < -0.3 is 14.4 Å². The lowest BCUT2D eigenvalue weighted by Crippen LogP contribution is -2.46. The SMILES string of the molecule is CC(C)N1CCC2(CC1)CN(C(=O)c1cscn1)CC2c1nncn1C. The Balaban J connectivity index is 1.62. The number of hydrogen-bond acceptors (Lipinski definition) is 6. The van der Waals surface area contributed by atoms with Crippen molar-refractivity contribution in [1.29, 1.82) is 0 Å². The Morgan fingerprint density at radius 1 is 1.35 bits per heavy atom. The van der Waals surface area contributed by atoms with Gasteiger partial charge in [0, 0.05) is 42.9 Å². The minimum Gasteiger partial charge on any atom is -0.336 e. The first kappa shape index (κ1) is 17.6. The zero-order valence-electron chi connectivity index (χ0n) is 15.6. The Bertz CT molecular complexity index is 763. The molecular weight excluding hydrogens is 348 g/mol. The molecule has 2 aromatic rings. The van der Waals surface area contributed by atoms with Crippen molar-refractivity contribution in [3.05, 3.63) is 28.7 Å². The van der Waals surface area contributed by atoms with Crippen molar-refractivity contribution in [2.75, 3.05) is 26.2 Å². The zero-order chi connectivity index (χ0) is 18.3. The fourth-order valence-electron chi connectivity index (χ4n) is 4.56. The van der Waals surface area contributed by atoms with Gasteiger partial charge in [-0.2, -0.15) is 0 Å². The highest BCUT2D eigenvalue weighted by atomic mass is 32.1. The van der Waals surface area contributed by atoms with Gasteiger partial charge in [0.15, 0.2) is 0 Å². The van der Waals surface area contributed by atoms with Gasteiger partial charge in [-0.1, -0.05) is 0 Å². The molecule has 2 saturated heterocycles. The molecule has 2 aliphatic heterocycles. The molecule has 1 amide bonds. The number of rotatable bonds is 3. The fraction of sp³-hybridized carbons (Fsp3) is 0.667. The second-order valence-electron chi connectivity index (χ2n) is 7.90. The van der Waals surface area contributed by atoms with Crippen LogP contribution >= 0.6 is 11.3 Å². The van der Waals surface area contributed by atoms with E-state index in [1.807, 2.05) is 21.9 Å². The molecule has 2 aliphatic rings. The number of aromatic nitrogens is 4. The summed E-state index contributed by atoms with van der Waals surface area (Å²) in [4.78, 5) is 21.7. The van der Waals surface area contributed by atoms with Crippen LogP contribution in [0.1, 0.15) is 48.9 Å². The summed E-state index contributed by atoms with van der Waals surface area (Å²) >= 11 is 1.47. The van der Waals surface area contributed by atoms with Gasteiger partial charge in [0.25, 0.3) is 5.91 Å². The third kappa shape index (κ3) is 2.95. The monoisotopic (exact) mass is 374 g/mol. The van der Waals surface area contributed by atoms with E-state index in [0.717, 1.165) is 38.3 Å². The number of hydrogen-bond donors (Lipinski definition) is 0. The van der Waals surface area contributed by atoms with Crippen molar-refractivity contribution in [2.24, 2.45) is 12.5 Å². The quantitative estimate of drug-likeness (QED) is 0.822. The first-order valence-corrected chi connectivity index (χ1v) is 10.2. The summed E-state index contributed by atoms with van der Waals surface area (Å²) in [5.41, 5.74) is 2.36. The first-order valence-electron chi connectivity index (χ1n) is 9.25. The minimum absolute atomic E-state index is 0.0431. The maximum atomic E-state index is 12.9. The van der Waals surface area contributed by atoms with Crippen molar-refractivity contribution in [3.63, 3.8) is 0 Å². The predicted octanol–water partition coefficient (Wildman–Crippen LogP) is 2.00. The van der Waals surface area contributed by atoms with Crippen LogP contribution in [0.5, 0.6) is 0 Å².